The first-order valence-corrected chi connectivity index (χ1v) is 9.36. The third-order valence-electron chi connectivity index (χ3n) is 5.01. The number of carbonyl (C=O) groups excluding carboxylic acids is 2. The van der Waals surface area contributed by atoms with Gasteiger partial charge in [0.2, 0.25) is 11.8 Å². The summed E-state index contributed by atoms with van der Waals surface area (Å²) in [7, 11) is 3.12. The molecule has 1 atom stereocenters. The molecule has 0 radical (unpaired) electrons. The van der Waals surface area contributed by atoms with Crippen LogP contribution in [0.1, 0.15) is 31.7 Å². The molecular formula is C22H26N2O4. The normalized spacial score (nSPS) is 16.4. The molecule has 28 heavy (non-hydrogen) atoms. The van der Waals surface area contributed by atoms with Gasteiger partial charge < -0.3 is 19.7 Å². The van der Waals surface area contributed by atoms with Gasteiger partial charge in [-0.2, -0.15) is 0 Å². The number of benzene rings is 2. The molecule has 2 aromatic rings. The van der Waals surface area contributed by atoms with Gasteiger partial charge in [-0.1, -0.05) is 32.0 Å². The van der Waals surface area contributed by atoms with Crippen molar-refractivity contribution >= 4 is 23.2 Å². The van der Waals surface area contributed by atoms with E-state index in [0.717, 1.165) is 11.3 Å². The van der Waals surface area contributed by atoms with Gasteiger partial charge in [-0.3, -0.25) is 9.59 Å². The predicted molar refractivity (Wildman–Crippen MR) is 109 cm³/mol. The minimum absolute atomic E-state index is 0.0965. The molecule has 2 aromatic carbocycles. The topological polar surface area (TPSA) is 67.9 Å². The molecule has 1 saturated heterocycles. The van der Waals surface area contributed by atoms with Crippen molar-refractivity contribution in [3.8, 4) is 11.5 Å². The molecular weight excluding hydrogens is 356 g/mol. The zero-order valence-electron chi connectivity index (χ0n) is 16.7. The van der Waals surface area contributed by atoms with Gasteiger partial charge in [-0.05, 0) is 29.7 Å². The van der Waals surface area contributed by atoms with Crippen molar-refractivity contribution in [2.75, 3.05) is 31.0 Å². The van der Waals surface area contributed by atoms with Crippen molar-refractivity contribution in [3.05, 3.63) is 48.0 Å². The summed E-state index contributed by atoms with van der Waals surface area (Å²) >= 11 is 0. The minimum Gasteiger partial charge on any atom is -0.497 e. The molecule has 0 aliphatic carbocycles. The quantitative estimate of drug-likeness (QED) is 0.825. The van der Waals surface area contributed by atoms with Crippen molar-refractivity contribution in [2.45, 2.75) is 26.2 Å². The van der Waals surface area contributed by atoms with Gasteiger partial charge in [0.25, 0.3) is 0 Å². The summed E-state index contributed by atoms with van der Waals surface area (Å²) in [5.41, 5.74) is 2.52. The lowest BCUT2D eigenvalue weighted by Crippen LogP contribution is -2.28. The Labute approximate surface area is 165 Å². The molecule has 1 unspecified atom stereocenters. The van der Waals surface area contributed by atoms with Crippen LogP contribution in [0.3, 0.4) is 0 Å². The number of methoxy groups -OCH3 is 2. The van der Waals surface area contributed by atoms with E-state index >= 15 is 0 Å². The zero-order chi connectivity index (χ0) is 20.3. The number of nitrogens with zero attached hydrogens (tertiary/aromatic N) is 1. The van der Waals surface area contributed by atoms with Crippen LogP contribution in [0, 0.1) is 5.92 Å². The number of carbonyl (C=O) groups is 2. The second kappa shape index (κ2) is 8.33. The maximum atomic E-state index is 12.8. The van der Waals surface area contributed by atoms with E-state index < -0.39 is 5.92 Å². The summed E-state index contributed by atoms with van der Waals surface area (Å²) in [6.07, 6.45) is 0.171. The molecule has 0 saturated carbocycles. The molecule has 6 nitrogen and oxygen atoms in total. The second-order valence-electron chi connectivity index (χ2n) is 7.17. The fraction of sp³-hybridized carbons (Fsp3) is 0.364. The van der Waals surface area contributed by atoms with Gasteiger partial charge in [0.1, 0.15) is 11.5 Å². The average Bonchev–Trinajstić information content (AvgIpc) is 3.09. The van der Waals surface area contributed by atoms with Crippen LogP contribution in [0.15, 0.2) is 42.5 Å². The predicted octanol–water partition coefficient (Wildman–Crippen LogP) is 3.82. The van der Waals surface area contributed by atoms with E-state index in [9.17, 15) is 9.59 Å². The SMILES string of the molecule is COc1ccc(N2CC(C(=O)Nc3ccccc3C(C)C)CC2=O)c(OC)c1. The third-order valence-corrected chi connectivity index (χ3v) is 5.01. The smallest absolute Gasteiger partial charge is 0.229 e. The van der Waals surface area contributed by atoms with Crippen LogP contribution >= 0.6 is 0 Å². The fourth-order valence-corrected chi connectivity index (χ4v) is 3.47. The lowest BCUT2D eigenvalue weighted by atomic mass is 10.0. The number of amides is 2. The zero-order valence-corrected chi connectivity index (χ0v) is 16.7. The summed E-state index contributed by atoms with van der Waals surface area (Å²) in [5.74, 6) is 0.823. The van der Waals surface area contributed by atoms with Gasteiger partial charge >= 0.3 is 0 Å². The summed E-state index contributed by atoms with van der Waals surface area (Å²) in [4.78, 5) is 27.0. The Morgan fingerprint density at radius 2 is 1.89 bits per heavy atom. The molecule has 1 aliphatic rings. The van der Waals surface area contributed by atoms with Crippen LogP contribution < -0.4 is 19.7 Å². The van der Waals surface area contributed by atoms with E-state index in [2.05, 4.69) is 19.2 Å². The molecule has 1 N–H and O–H groups in total. The van der Waals surface area contributed by atoms with E-state index in [1.54, 1.807) is 37.3 Å². The first-order chi connectivity index (χ1) is 13.4. The molecule has 6 heteroatoms. The molecule has 0 spiro atoms. The van der Waals surface area contributed by atoms with Crippen LogP contribution in [-0.4, -0.2) is 32.6 Å². The molecule has 2 amide bonds. The number of nitrogens with one attached hydrogen (secondary N) is 1. The van der Waals surface area contributed by atoms with Crippen LogP contribution in [0.2, 0.25) is 0 Å². The van der Waals surface area contributed by atoms with Crippen LogP contribution in [0.5, 0.6) is 11.5 Å². The van der Waals surface area contributed by atoms with Gasteiger partial charge in [0.05, 0.1) is 25.8 Å². The van der Waals surface area contributed by atoms with Crippen molar-refractivity contribution < 1.29 is 19.1 Å². The molecule has 0 bridgehead atoms. The lowest BCUT2D eigenvalue weighted by Gasteiger charge is -2.20. The number of hydrogen-bond acceptors (Lipinski definition) is 4. The van der Waals surface area contributed by atoms with Crippen molar-refractivity contribution in [1.82, 2.24) is 0 Å². The standard InChI is InChI=1S/C22H26N2O4/c1-14(2)17-7-5-6-8-18(17)23-22(26)15-11-21(25)24(13-15)19-10-9-16(27-3)12-20(19)28-4/h5-10,12,14-15H,11,13H2,1-4H3,(H,23,26). The molecule has 1 heterocycles. The van der Waals surface area contributed by atoms with Crippen molar-refractivity contribution in [2.24, 2.45) is 5.92 Å². The Bertz CT molecular complexity index is 879. The monoisotopic (exact) mass is 382 g/mol. The van der Waals surface area contributed by atoms with Crippen molar-refractivity contribution in [3.63, 3.8) is 0 Å². The van der Waals surface area contributed by atoms with Crippen LogP contribution in [0.4, 0.5) is 11.4 Å². The first kappa shape index (κ1) is 19.7. The summed E-state index contributed by atoms with van der Waals surface area (Å²) in [6, 6.07) is 13.1. The second-order valence-corrected chi connectivity index (χ2v) is 7.17. The fourth-order valence-electron chi connectivity index (χ4n) is 3.47. The molecule has 1 fully saturated rings. The third kappa shape index (κ3) is 3.96. The Morgan fingerprint density at radius 1 is 1.14 bits per heavy atom. The maximum absolute atomic E-state index is 12.8. The summed E-state index contributed by atoms with van der Waals surface area (Å²) < 4.78 is 10.6. The molecule has 0 aromatic heterocycles. The number of ether oxygens (including phenoxy) is 2. The summed E-state index contributed by atoms with van der Waals surface area (Å²) in [5, 5.41) is 3.00. The molecule has 3 rings (SSSR count). The van der Waals surface area contributed by atoms with Gasteiger partial charge in [0, 0.05) is 24.7 Å². The number of hydrogen-bond donors (Lipinski definition) is 1. The van der Waals surface area contributed by atoms with Gasteiger partial charge in [-0.25, -0.2) is 0 Å². The van der Waals surface area contributed by atoms with Crippen LogP contribution in [-0.2, 0) is 9.59 Å². The number of para-hydroxylation sites is 1. The van der Waals surface area contributed by atoms with E-state index in [-0.39, 0.29) is 18.2 Å². The maximum Gasteiger partial charge on any atom is 0.229 e. The van der Waals surface area contributed by atoms with Gasteiger partial charge in [-0.15, -0.1) is 0 Å². The van der Waals surface area contributed by atoms with E-state index in [1.807, 2.05) is 24.3 Å². The van der Waals surface area contributed by atoms with E-state index in [0.29, 0.717) is 29.6 Å². The Balaban J connectivity index is 1.77. The first-order valence-electron chi connectivity index (χ1n) is 9.36. The largest absolute Gasteiger partial charge is 0.497 e. The molecule has 1 aliphatic heterocycles. The lowest BCUT2D eigenvalue weighted by molar-refractivity contribution is -0.122. The molecule has 148 valence electrons. The van der Waals surface area contributed by atoms with Gasteiger partial charge in [0.15, 0.2) is 0 Å². The Morgan fingerprint density at radius 3 is 2.57 bits per heavy atom. The highest BCUT2D eigenvalue weighted by atomic mass is 16.5. The van der Waals surface area contributed by atoms with Crippen LogP contribution in [0.25, 0.3) is 0 Å². The van der Waals surface area contributed by atoms with E-state index in [4.69, 9.17) is 9.47 Å². The highest BCUT2D eigenvalue weighted by Crippen LogP contribution is 2.36. The Hall–Kier alpha value is -3.02. The minimum atomic E-state index is -0.417. The highest BCUT2D eigenvalue weighted by molar-refractivity contribution is 6.04. The Kier molecular flexibility index (Phi) is 5.87. The highest BCUT2D eigenvalue weighted by Gasteiger charge is 2.36. The average molecular weight is 382 g/mol. The van der Waals surface area contributed by atoms with E-state index in [1.165, 1.54) is 0 Å². The number of rotatable bonds is 6. The van der Waals surface area contributed by atoms with Crippen molar-refractivity contribution in [1.29, 1.82) is 0 Å². The number of anilines is 2. The summed E-state index contributed by atoms with van der Waals surface area (Å²) in [6.45, 7) is 4.49.